The van der Waals surface area contributed by atoms with Gasteiger partial charge in [0.2, 0.25) is 0 Å². The second-order valence-corrected chi connectivity index (χ2v) is 4.44. The number of nitrogens with zero attached hydrogens (tertiary/aromatic N) is 4. The molecular formula is C11H12N4. The molecule has 0 aliphatic carbocycles. The molecule has 4 nitrogen and oxygen atoms in total. The van der Waals surface area contributed by atoms with E-state index in [2.05, 4.69) is 19.9 Å². The molecular weight excluding hydrogens is 188 g/mol. The van der Waals surface area contributed by atoms with E-state index in [0.717, 1.165) is 5.82 Å². The largest absolute Gasteiger partial charge is 0.239 e. The van der Waals surface area contributed by atoms with E-state index in [1.165, 1.54) is 6.33 Å². The molecule has 2 aromatic rings. The van der Waals surface area contributed by atoms with Crippen LogP contribution in [-0.2, 0) is 5.41 Å². The fourth-order valence-corrected chi connectivity index (χ4v) is 1.23. The molecule has 2 aromatic heterocycles. The van der Waals surface area contributed by atoms with Crippen molar-refractivity contribution >= 4 is 11.0 Å². The molecule has 0 aliphatic heterocycles. The normalized spacial score (nSPS) is 12.0. The van der Waals surface area contributed by atoms with Gasteiger partial charge in [0.25, 0.3) is 0 Å². The maximum absolute atomic E-state index is 5.73. The van der Waals surface area contributed by atoms with E-state index in [4.69, 9.17) is 6.92 Å². The Morgan fingerprint density at radius 3 is 2.53 bits per heavy atom. The highest BCUT2D eigenvalue weighted by atomic mass is 14.9. The summed E-state index contributed by atoms with van der Waals surface area (Å²) in [6.45, 7) is 11.9. The Morgan fingerprint density at radius 1 is 1.13 bits per heavy atom. The van der Waals surface area contributed by atoms with Crippen LogP contribution in [0.4, 0.5) is 0 Å². The molecule has 0 saturated heterocycles. The average Bonchev–Trinajstić information content (AvgIpc) is 2.16. The van der Waals surface area contributed by atoms with Crippen LogP contribution >= 0.6 is 0 Å². The van der Waals surface area contributed by atoms with Gasteiger partial charge in [-0.3, -0.25) is 0 Å². The van der Waals surface area contributed by atoms with Crippen LogP contribution in [0.5, 0.6) is 0 Å². The summed E-state index contributed by atoms with van der Waals surface area (Å²) in [7, 11) is 0. The van der Waals surface area contributed by atoms with Crippen molar-refractivity contribution in [2.75, 3.05) is 0 Å². The maximum Gasteiger partial charge on any atom is 0.134 e. The van der Waals surface area contributed by atoms with Gasteiger partial charge in [0.15, 0.2) is 0 Å². The standard InChI is InChI=1S/C11H12N4/c1-7-9-8(14-6-13-7)5-12-10(15-9)11(2,3)4/h1,5-6H,2-4H3. The Bertz CT molecular complexity index is 499. The van der Waals surface area contributed by atoms with Crippen LogP contribution in [0.15, 0.2) is 12.5 Å². The van der Waals surface area contributed by atoms with Crippen LogP contribution in [0.1, 0.15) is 32.3 Å². The zero-order chi connectivity index (χ0) is 11.1. The molecule has 4 heteroatoms. The molecule has 0 N–H and O–H groups in total. The molecule has 2 radical (unpaired) electrons. The highest BCUT2D eigenvalue weighted by Crippen LogP contribution is 2.20. The van der Waals surface area contributed by atoms with E-state index >= 15 is 0 Å². The predicted molar refractivity (Wildman–Crippen MR) is 57.2 cm³/mol. The van der Waals surface area contributed by atoms with E-state index in [-0.39, 0.29) is 5.41 Å². The van der Waals surface area contributed by atoms with Gasteiger partial charge in [0.05, 0.1) is 11.9 Å². The zero-order valence-electron chi connectivity index (χ0n) is 9.02. The third-order valence-corrected chi connectivity index (χ3v) is 2.08. The summed E-state index contributed by atoms with van der Waals surface area (Å²) in [5.41, 5.74) is 1.59. The molecule has 0 fully saturated rings. The summed E-state index contributed by atoms with van der Waals surface area (Å²) in [6, 6.07) is 0. The van der Waals surface area contributed by atoms with Crippen molar-refractivity contribution in [3.05, 3.63) is 31.0 Å². The lowest BCUT2D eigenvalue weighted by atomic mass is 9.96. The van der Waals surface area contributed by atoms with Gasteiger partial charge < -0.3 is 0 Å². The average molecular weight is 200 g/mol. The van der Waals surface area contributed by atoms with E-state index in [0.29, 0.717) is 16.7 Å². The van der Waals surface area contributed by atoms with Crippen molar-refractivity contribution in [1.82, 2.24) is 19.9 Å². The van der Waals surface area contributed by atoms with Crippen molar-refractivity contribution in [2.24, 2.45) is 0 Å². The summed E-state index contributed by atoms with van der Waals surface area (Å²) in [6.07, 6.45) is 3.10. The lowest BCUT2D eigenvalue weighted by Crippen LogP contribution is -2.16. The van der Waals surface area contributed by atoms with Crippen molar-refractivity contribution in [3.8, 4) is 0 Å². The van der Waals surface area contributed by atoms with E-state index in [9.17, 15) is 0 Å². The number of aromatic nitrogens is 4. The molecule has 0 spiro atoms. The van der Waals surface area contributed by atoms with Crippen LogP contribution in [-0.4, -0.2) is 19.9 Å². The van der Waals surface area contributed by atoms with Gasteiger partial charge >= 0.3 is 0 Å². The molecule has 2 heterocycles. The van der Waals surface area contributed by atoms with Gasteiger partial charge in [-0.1, -0.05) is 20.8 Å². The third kappa shape index (κ3) is 1.79. The smallest absolute Gasteiger partial charge is 0.134 e. The minimum absolute atomic E-state index is 0.101. The van der Waals surface area contributed by atoms with Crippen molar-refractivity contribution < 1.29 is 0 Å². The first-order valence-electron chi connectivity index (χ1n) is 4.72. The van der Waals surface area contributed by atoms with Crippen LogP contribution in [0, 0.1) is 6.92 Å². The third-order valence-electron chi connectivity index (χ3n) is 2.08. The van der Waals surface area contributed by atoms with Crippen LogP contribution < -0.4 is 0 Å². The van der Waals surface area contributed by atoms with Crippen LogP contribution in [0.2, 0.25) is 0 Å². The molecule has 0 unspecified atom stereocenters. The lowest BCUT2D eigenvalue weighted by Gasteiger charge is -2.16. The van der Waals surface area contributed by atoms with Gasteiger partial charge in [-0.05, 0) is 0 Å². The molecule has 0 amide bonds. The van der Waals surface area contributed by atoms with Crippen LogP contribution in [0.25, 0.3) is 11.0 Å². The monoisotopic (exact) mass is 200 g/mol. The first-order chi connectivity index (χ1) is 6.98. The van der Waals surface area contributed by atoms with E-state index in [1.54, 1.807) is 6.20 Å². The van der Waals surface area contributed by atoms with Gasteiger partial charge in [-0.15, -0.1) is 0 Å². The highest BCUT2D eigenvalue weighted by molar-refractivity contribution is 5.75. The Balaban J connectivity index is 2.70. The van der Waals surface area contributed by atoms with Crippen LogP contribution in [0.3, 0.4) is 0 Å². The highest BCUT2D eigenvalue weighted by Gasteiger charge is 2.18. The van der Waals surface area contributed by atoms with E-state index < -0.39 is 0 Å². The maximum atomic E-state index is 5.73. The number of hydrogen-bond acceptors (Lipinski definition) is 4. The minimum Gasteiger partial charge on any atom is -0.239 e. The summed E-state index contributed by atoms with van der Waals surface area (Å²) >= 11 is 0. The Hall–Kier alpha value is -1.58. The molecule has 76 valence electrons. The van der Waals surface area contributed by atoms with Crippen molar-refractivity contribution in [3.63, 3.8) is 0 Å². The summed E-state index contributed by atoms with van der Waals surface area (Å²) < 4.78 is 0. The van der Waals surface area contributed by atoms with Crippen molar-refractivity contribution in [2.45, 2.75) is 26.2 Å². The minimum atomic E-state index is -0.101. The van der Waals surface area contributed by atoms with Crippen molar-refractivity contribution in [1.29, 1.82) is 0 Å². The first-order valence-corrected chi connectivity index (χ1v) is 4.72. The van der Waals surface area contributed by atoms with E-state index in [1.807, 2.05) is 20.8 Å². The fourth-order valence-electron chi connectivity index (χ4n) is 1.23. The number of rotatable bonds is 0. The molecule has 0 aliphatic rings. The predicted octanol–water partition coefficient (Wildman–Crippen LogP) is 1.78. The summed E-state index contributed by atoms with van der Waals surface area (Å²) in [5.74, 6) is 0.747. The second kappa shape index (κ2) is 3.22. The van der Waals surface area contributed by atoms with Gasteiger partial charge in [-0.25, -0.2) is 19.9 Å². The molecule has 2 rings (SSSR count). The number of fused-ring (bicyclic) bond motifs is 1. The topological polar surface area (TPSA) is 51.6 Å². The Kier molecular flexibility index (Phi) is 2.14. The molecule has 15 heavy (non-hydrogen) atoms. The van der Waals surface area contributed by atoms with Gasteiger partial charge in [-0.2, -0.15) is 0 Å². The number of hydrogen-bond donors (Lipinski definition) is 0. The first kappa shape index (κ1) is 9.96. The fraction of sp³-hybridized carbons (Fsp3) is 0.364. The second-order valence-electron chi connectivity index (χ2n) is 4.44. The zero-order valence-corrected chi connectivity index (χ0v) is 9.02. The summed E-state index contributed by atoms with van der Waals surface area (Å²) in [5, 5.41) is 0. The SMILES string of the molecule is [CH]c1ncnc2cnc(C(C)(C)C)nc12. The Morgan fingerprint density at radius 2 is 1.87 bits per heavy atom. The molecule has 0 atom stereocenters. The van der Waals surface area contributed by atoms with Gasteiger partial charge in [0.1, 0.15) is 23.2 Å². The van der Waals surface area contributed by atoms with Gasteiger partial charge in [0, 0.05) is 12.3 Å². The Labute approximate surface area is 88.8 Å². The lowest BCUT2D eigenvalue weighted by molar-refractivity contribution is 0.548. The summed E-state index contributed by atoms with van der Waals surface area (Å²) in [4.78, 5) is 16.6. The molecule has 0 saturated carbocycles. The molecule has 0 aromatic carbocycles. The quantitative estimate of drug-likeness (QED) is 0.650. The molecule has 0 bridgehead atoms.